The lowest BCUT2D eigenvalue weighted by molar-refractivity contribution is -0.485. The van der Waals surface area contributed by atoms with E-state index in [0.717, 1.165) is 0 Å². The van der Waals surface area contributed by atoms with Crippen molar-refractivity contribution in [2.45, 2.75) is 32.2 Å². The normalized spacial score (nSPS) is 21.4. The van der Waals surface area contributed by atoms with Crippen molar-refractivity contribution in [3.8, 4) is 5.75 Å². The van der Waals surface area contributed by atoms with Gasteiger partial charge in [-0.3, -0.25) is 14.9 Å². The van der Waals surface area contributed by atoms with Crippen LogP contribution < -0.4 is 10.1 Å². The Bertz CT molecular complexity index is 920. The van der Waals surface area contributed by atoms with Crippen molar-refractivity contribution < 1.29 is 19.2 Å². The molecule has 0 spiro atoms. The minimum atomic E-state index is -1.70. The number of fused-ring (bicyclic) bond motifs is 1. The summed E-state index contributed by atoms with van der Waals surface area (Å²) in [5, 5.41) is 14.3. The summed E-state index contributed by atoms with van der Waals surface area (Å²) in [4.78, 5) is 37.2. The molecule has 1 aliphatic heterocycles. The third-order valence-corrected chi connectivity index (χ3v) is 4.89. The lowest BCUT2D eigenvalue weighted by Gasteiger charge is -2.42. The molecule has 0 saturated carbocycles. The first-order valence-electron chi connectivity index (χ1n) is 8.97. The highest BCUT2D eigenvalue weighted by atomic mass is 16.6. The Labute approximate surface area is 162 Å². The highest BCUT2D eigenvalue weighted by Gasteiger charge is 2.57. The standard InChI is InChI=1S/C21H22N2O5/c1-20(2,3)18(24)22-21(14-9-5-4-6-10-14)16(13-23(26)27)15-11-7-8-12-17(15)28-19(21)25/h4-12,16H,13H2,1-3H3,(H,22,24)/t16-,21-/m1/s1. The van der Waals surface area contributed by atoms with E-state index in [9.17, 15) is 19.7 Å². The van der Waals surface area contributed by atoms with Gasteiger partial charge in [0.1, 0.15) is 5.75 Å². The summed E-state index contributed by atoms with van der Waals surface area (Å²) in [7, 11) is 0. The Balaban J connectivity index is 2.27. The van der Waals surface area contributed by atoms with Crippen LogP contribution in [-0.4, -0.2) is 23.3 Å². The smallest absolute Gasteiger partial charge is 0.342 e. The second-order valence-corrected chi connectivity index (χ2v) is 7.87. The van der Waals surface area contributed by atoms with E-state index in [1.54, 1.807) is 75.4 Å². The van der Waals surface area contributed by atoms with Gasteiger partial charge >= 0.3 is 5.97 Å². The van der Waals surface area contributed by atoms with Gasteiger partial charge in [0.2, 0.25) is 12.5 Å². The van der Waals surface area contributed by atoms with Crippen LogP contribution in [0.2, 0.25) is 0 Å². The van der Waals surface area contributed by atoms with E-state index in [2.05, 4.69) is 5.32 Å². The number of hydrogen-bond donors (Lipinski definition) is 1. The fourth-order valence-electron chi connectivity index (χ4n) is 3.40. The maximum Gasteiger partial charge on any atom is 0.342 e. The van der Waals surface area contributed by atoms with Gasteiger partial charge in [-0.2, -0.15) is 0 Å². The SMILES string of the molecule is CC(C)(C)C(=O)N[C@@]1(c2ccccc2)C(=O)Oc2ccccc2[C@H]1C[N+](=O)[O-]. The number of hydrogen-bond acceptors (Lipinski definition) is 5. The summed E-state index contributed by atoms with van der Waals surface area (Å²) in [6.07, 6.45) is 0. The van der Waals surface area contributed by atoms with Gasteiger partial charge in [0.05, 0.1) is 5.92 Å². The van der Waals surface area contributed by atoms with Gasteiger partial charge in [-0.15, -0.1) is 0 Å². The van der Waals surface area contributed by atoms with Gasteiger partial charge in [-0.05, 0) is 11.6 Å². The van der Waals surface area contributed by atoms with Crippen molar-refractivity contribution in [3.05, 3.63) is 75.8 Å². The predicted octanol–water partition coefficient (Wildman–Crippen LogP) is 3.02. The maximum atomic E-state index is 13.3. The van der Waals surface area contributed by atoms with Crippen molar-refractivity contribution >= 4 is 11.9 Å². The first kappa shape index (κ1) is 19.5. The van der Waals surface area contributed by atoms with E-state index in [4.69, 9.17) is 4.74 Å². The first-order chi connectivity index (χ1) is 13.2. The average molecular weight is 382 g/mol. The van der Waals surface area contributed by atoms with Crippen LogP contribution >= 0.6 is 0 Å². The van der Waals surface area contributed by atoms with Gasteiger partial charge < -0.3 is 10.1 Å². The summed E-state index contributed by atoms with van der Waals surface area (Å²) in [6, 6.07) is 15.3. The second-order valence-electron chi connectivity index (χ2n) is 7.87. The monoisotopic (exact) mass is 382 g/mol. The summed E-state index contributed by atoms with van der Waals surface area (Å²) in [5.74, 6) is -1.78. The van der Waals surface area contributed by atoms with Crippen molar-refractivity contribution in [3.63, 3.8) is 0 Å². The molecule has 28 heavy (non-hydrogen) atoms. The number of ether oxygens (including phenoxy) is 1. The molecule has 2 aromatic carbocycles. The molecular formula is C21H22N2O5. The Morgan fingerprint density at radius 3 is 2.36 bits per heavy atom. The molecule has 7 nitrogen and oxygen atoms in total. The Morgan fingerprint density at radius 2 is 1.75 bits per heavy atom. The highest BCUT2D eigenvalue weighted by molar-refractivity contribution is 5.94. The summed E-state index contributed by atoms with van der Waals surface area (Å²) >= 11 is 0. The molecule has 0 unspecified atom stereocenters. The van der Waals surface area contributed by atoms with Crippen LogP contribution in [0.25, 0.3) is 0 Å². The molecule has 146 valence electrons. The zero-order chi connectivity index (χ0) is 20.5. The summed E-state index contributed by atoms with van der Waals surface area (Å²) < 4.78 is 5.55. The van der Waals surface area contributed by atoms with E-state index < -0.39 is 40.2 Å². The second kappa shape index (κ2) is 7.07. The van der Waals surface area contributed by atoms with Gasteiger partial charge in [0.15, 0.2) is 5.54 Å². The summed E-state index contributed by atoms with van der Waals surface area (Å²) in [6.45, 7) is 4.61. The predicted molar refractivity (Wildman–Crippen MR) is 102 cm³/mol. The zero-order valence-electron chi connectivity index (χ0n) is 16.0. The number of nitrogens with one attached hydrogen (secondary N) is 1. The van der Waals surface area contributed by atoms with Crippen molar-refractivity contribution in [2.75, 3.05) is 6.54 Å². The summed E-state index contributed by atoms with van der Waals surface area (Å²) in [5.41, 5.74) is -1.55. The van der Waals surface area contributed by atoms with Crippen molar-refractivity contribution in [1.82, 2.24) is 5.32 Å². The van der Waals surface area contributed by atoms with Crippen LogP contribution in [-0.2, 0) is 15.1 Å². The molecule has 0 fully saturated rings. The van der Waals surface area contributed by atoms with E-state index in [1.807, 2.05) is 0 Å². The fraction of sp³-hybridized carbons (Fsp3) is 0.333. The van der Waals surface area contributed by atoms with Crippen LogP contribution in [0.1, 0.15) is 37.8 Å². The van der Waals surface area contributed by atoms with Gasteiger partial charge in [0.25, 0.3) is 0 Å². The molecular weight excluding hydrogens is 360 g/mol. The number of nitro groups is 1. The molecule has 3 rings (SSSR count). The number of rotatable bonds is 4. The number of para-hydroxylation sites is 1. The van der Waals surface area contributed by atoms with E-state index in [-0.39, 0.29) is 5.75 Å². The minimum Gasteiger partial charge on any atom is -0.424 e. The lowest BCUT2D eigenvalue weighted by atomic mass is 9.71. The van der Waals surface area contributed by atoms with E-state index in [1.165, 1.54) is 0 Å². The molecule has 0 aromatic heterocycles. The van der Waals surface area contributed by atoms with Crippen LogP contribution in [0.3, 0.4) is 0 Å². The number of nitrogens with zero attached hydrogens (tertiary/aromatic N) is 1. The molecule has 2 atom stereocenters. The Kier molecular flexibility index (Phi) is 4.93. The van der Waals surface area contributed by atoms with Gasteiger partial charge in [0, 0.05) is 15.9 Å². The number of amides is 1. The molecule has 7 heteroatoms. The average Bonchev–Trinajstić information content (AvgIpc) is 2.64. The largest absolute Gasteiger partial charge is 0.424 e. The van der Waals surface area contributed by atoms with Crippen molar-refractivity contribution in [1.29, 1.82) is 0 Å². The van der Waals surface area contributed by atoms with Crippen LogP contribution in [0.5, 0.6) is 5.75 Å². The van der Waals surface area contributed by atoms with Crippen LogP contribution in [0.4, 0.5) is 0 Å². The van der Waals surface area contributed by atoms with Crippen molar-refractivity contribution in [2.24, 2.45) is 5.41 Å². The lowest BCUT2D eigenvalue weighted by Crippen LogP contribution is -2.62. The number of carbonyl (C=O) groups is 2. The Hall–Kier alpha value is -3.22. The fourth-order valence-corrected chi connectivity index (χ4v) is 3.40. The van der Waals surface area contributed by atoms with E-state index >= 15 is 0 Å². The first-order valence-corrected chi connectivity index (χ1v) is 8.97. The number of esters is 1. The molecule has 0 bridgehead atoms. The van der Waals surface area contributed by atoms with Crippen LogP contribution in [0, 0.1) is 15.5 Å². The molecule has 1 N–H and O–H groups in total. The van der Waals surface area contributed by atoms with Crippen LogP contribution in [0.15, 0.2) is 54.6 Å². The molecule has 1 heterocycles. The zero-order valence-corrected chi connectivity index (χ0v) is 16.0. The number of benzene rings is 2. The van der Waals surface area contributed by atoms with Gasteiger partial charge in [-0.25, -0.2) is 4.79 Å². The third kappa shape index (κ3) is 3.35. The number of carbonyl (C=O) groups excluding carboxylic acids is 2. The van der Waals surface area contributed by atoms with Gasteiger partial charge in [-0.1, -0.05) is 69.3 Å². The quantitative estimate of drug-likeness (QED) is 0.379. The molecule has 0 radical (unpaired) electrons. The molecule has 0 aliphatic carbocycles. The maximum absolute atomic E-state index is 13.3. The third-order valence-electron chi connectivity index (χ3n) is 4.89. The molecule has 2 aromatic rings. The highest BCUT2D eigenvalue weighted by Crippen LogP contribution is 2.46. The Morgan fingerprint density at radius 1 is 1.14 bits per heavy atom. The molecule has 0 saturated heterocycles. The molecule has 1 aliphatic rings. The van der Waals surface area contributed by atoms with E-state index in [0.29, 0.717) is 11.1 Å². The topological polar surface area (TPSA) is 98.5 Å². The minimum absolute atomic E-state index is 0.274. The molecule has 1 amide bonds.